The SMILES string of the molecule is Cc1cc(C)cc(Oc2nc3n(C)c(=O)n(Cc4ccccc4)n(C)c=3c2=O)c1. The molecule has 2 aromatic carbocycles. The summed E-state index contributed by atoms with van der Waals surface area (Å²) in [4.78, 5) is 30.3. The van der Waals surface area contributed by atoms with Gasteiger partial charge in [0.1, 0.15) is 5.75 Å². The summed E-state index contributed by atoms with van der Waals surface area (Å²) in [6, 6.07) is 15.3. The number of aromatic nitrogens is 4. The van der Waals surface area contributed by atoms with Crippen molar-refractivity contribution >= 4 is 0 Å². The smallest absolute Gasteiger partial charge is 0.344 e. The van der Waals surface area contributed by atoms with Gasteiger partial charge >= 0.3 is 5.69 Å². The van der Waals surface area contributed by atoms with Crippen molar-refractivity contribution in [3.63, 3.8) is 0 Å². The fourth-order valence-electron chi connectivity index (χ4n) is 3.54. The minimum atomic E-state index is -0.348. The second-order valence-electron chi connectivity index (χ2n) is 7.25. The van der Waals surface area contributed by atoms with Crippen LogP contribution in [0, 0.1) is 24.7 Å². The maximum Gasteiger partial charge on any atom is 0.344 e. The van der Waals surface area contributed by atoms with E-state index in [0.717, 1.165) is 16.7 Å². The Morgan fingerprint density at radius 2 is 1.62 bits per heavy atom. The molecule has 0 saturated heterocycles. The number of hydrogen-bond acceptors (Lipinski definition) is 4. The molecular weight excluding hydrogens is 368 g/mol. The molecule has 7 heteroatoms. The Morgan fingerprint density at radius 1 is 0.966 bits per heavy atom. The van der Waals surface area contributed by atoms with Crippen molar-refractivity contribution in [2.24, 2.45) is 14.1 Å². The van der Waals surface area contributed by atoms with Crippen molar-refractivity contribution in [1.29, 1.82) is 0 Å². The van der Waals surface area contributed by atoms with Gasteiger partial charge in [0.15, 0.2) is 10.8 Å². The standard InChI is InChI=1S/C22H22N4O3/c1-14-10-15(2)12-17(11-14)29-21-19(27)18-20(23-21)24(3)22(28)26(25(18)4)13-16-8-6-5-7-9-16/h5-12H,13H2,1-4H3. The van der Waals surface area contributed by atoms with Gasteiger partial charge in [0.2, 0.25) is 0 Å². The van der Waals surface area contributed by atoms with E-state index >= 15 is 0 Å². The summed E-state index contributed by atoms with van der Waals surface area (Å²) >= 11 is 0. The molecule has 2 heterocycles. The molecule has 148 valence electrons. The van der Waals surface area contributed by atoms with Gasteiger partial charge in [-0.2, -0.15) is 4.98 Å². The summed E-state index contributed by atoms with van der Waals surface area (Å²) < 4.78 is 10.3. The van der Waals surface area contributed by atoms with E-state index in [1.165, 1.54) is 9.25 Å². The van der Waals surface area contributed by atoms with Crippen LogP contribution >= 0.6 is 0 Å². The van der Waals surface area contributed by atoms with Crippen LogP contribution in [-0.2, 0) is 20.6 Å². The molecule has 0 fully saturated rings. The third kappa shape index (κ3) is 3.35. The van der Waals surface area contributed by atoms with Crippen LogP contribution in [-0.4, -0.2) is 18.9 Å². The summed E-state index contributed by atoms with van der Waals surface area (Å²) in [5.74, 6) is 0.514. The van der Waals surface area contributed by atoms with E-state index in [0.29, 0.717) is 23.1 Å². The lowest BCUT2D eigenvalue weighted by Crippen LogP contribution is -2.37. The molecule has 0 bridgehead atoms. The number of hydrogen-bond donors (Lipinski definition) is 0. The molecule has 29 heavy (non-hydrogen) atoms. The van der Waals surface area contributed by atoms with Gasteiger partial charge in [0, 0.05) is 14.1 Å². The zero-order valence-corrected chi connectivity index (χ0v) is 16.8. The van der Waals surface area contributed by atoms with Crippen molar-refractivity contribution in [3.8, 4) is 11.6 Å². The molecule has 2 aliphatic rings. The summed E-state index contributed by atoms with van der Waals surface area (Å²) in [5.41, 5.74) is 2.71. The first-order valence-corrected chi connectivity index (χ1v) is 9.32. The molecule has 0 aliphatic carbocycles. The van der Waals surface area contributed by atoms with Gasteiger partial charge in [-0.1, -0.05) is 36.4 Å². The van der Waals surface area contributed by atoms with Crippen LogP contribution in [0.2, 0.25) is 0 Å². The Kier molecular flexibility index (Phi) is 4.58. The van der Waals surface area contributed by atoms with Crippen LogP contribution in [0.1, 0.15) is 16.7 Å². The third-order valence-electron chi connectivity index (χ3n) is 4.92. The molecule has 0 amide bonds. The first-order chi connectivity index (χ1) is 13.8. The predicted octanol–water partition coefficient (Wildman–Crippen LogP) is 2.46. The molecule has 0 saturated carbocycles. The fraction of sp³-hybridized carbons (Fsp3) is 0.227. The summed E-state index contributed by atoms with van der Waals surface area (Å²) in [5, 5.41) is 0.322. The highest BCUT2D eigenvalue weighted by Crippen LogP contribution is 2.20. The number of ether oxygens (including phenoxy) is 1. The minimum Gasteiger partial charge on any atom is -0.436 e. The largest absolute Gasteiger partial charge is 0.436 e. The molecule has 0 radical (unpaired) electrons. The Morgan fingerprint density at radius 3 is 2.28 bits per heavy atom. The van der Waals surface area contributed by atoms with Gasteiger partial charge < -0.3 is 4.74 Å². The van der Waals surface area contributed by atoms with E-state index in [4.69, 9.17) is 4.74 Å². The zero-order chi connectivity index (χ0) is 20.7. The minimum absolute atomic E-state index is 0.0342. The highest BCUT2D eigenvalue weighted by atomic mass is 16.5. The van der Waals surface area contributed by atoms with E-state index in [1.807, 2.05) is 62.4 Å². The Hall–Kier alpha value is -3.61. The monoisotopic (exact) mass is 390 g/mol. The number of nitrogens with zero attached hydrogens (tertiary/aromatic N) is 4. The van der Waals surface area contributed by atoms with Gasteiger partial charge in [-0.15, -0.1) is 0 Å². The molecule has 2 aliphatic heterocycles. The van der Waals surface area contributed by atoms with Crippen LogP contribution in [0.15, 0.2) is 58.1 Å². The number of rotatable bonds is 4. The van der Waals surface area contributed by atoms with E-state index < -0.39 is 0 Å². The van der Waals surface area contributed by atoms with Gasteiger partial charge in [0.25, 0.3) is 11.3 Å². The van der Waals surface area contributed by atoms with E-state index in [2.05, 4.69) is 4.98 Å². The molecule has 7 nitrogen and oxygen atoms in total. The van der Waals surface area contributed by atoms with Crippen LogP contribution in [0.25, 0.3) is 0 Å². The average molecular weight is 390 g/mol. The van der Waals surface area contributed by atoms with Crippen molar-refractivity contribution in [2.75, 3.05) is 0 Å². The van der Waals surface area contributed by atoms with Crippen LogP contribution in [0.4, 0.5) is 0 Å². The molecule has 0 N–H and O–H groups in total. The van der Waals surface area contributed by atoms with Crippen molar-refractivity contribution in [2.45, 2.75) is 20.4 Å². The van der Waals surface area contributed by atoms with Crippen LogP contribution < -0.4 is 15.9 Å². The van der Waals surface area contributed by atoms with Gasteiger partial charge in [0.05, 0.1) is 6.54 Å². The fourth-order valence-corrected chi connectivity index (χ4v) is 3.54. The third-order valence-corrected chi connectivity index (χ3v) is 4.92. The topological polar surface area (TPSA) is 71.1 Å². The Labute approximate surface area is 167 Å². The summed E-state index contributed by atoms with van der Waals surface area (Å²) in [6.07, 6.45) is 0. The first kappa shape index (κ1) is 18.7. The molecule has 2 aromatic rings. The van der Waals surface area contributed by atoms with E-state index in [1.54, 1.807) is 18.8 Å². The van der Waals surface area contributed by atoms with Crippen molar-refractivity contribution in [1.82, 2.24) is 18.9 Å². The number of aryl methyl sites for hydroxylation is 2. The van der Waals surface area contributed by atoms with Crippen molar-refractivity contribution < 1.29 is 4.74 Å². The van der Waals surface area contributed by atoms with Crippen LogP contribution in [0.3, 0.4) is 0 Å². The second kappa shape index (κ2) is 7.09. The maximum atomic E-state index is 13.1. The van der Waals surface area contributed by atoms with E-state index in [-0.39, 0.29) is 17.0 Å². The molecule has 4 rings (SSSR count). The van der Waals surface area contributed by atoms with Gasteiger partial charge in [-0.3, -0.25) is 14.0 Å². The molecular formula is C22H22N4O3. The van der Waals surface area contributed by atoms with E-state index in [9.17, 15) is 9.59 Å². The van der Waals surface area contributed by atoms with Gasteiger partial charge in [-0.05, 0) is 42.7 Å². The molecule has 0 aromatic heterocycles. The molecule has 0 atom stereocenters. The normalized spacial score (nSPS) is 11.2. The Bertz CT molecular complexity index is 1360. The molecule has 0 spiro atoms. The quantitative estimate of drug-likeness (QED) is 0.537. The summed E-state index contributed by atoms with van der Waals surface area (Å²) in [6.45, 7) is 4.27. The predicted molar refractivity (Wildman–Crippen MR) is 110 cm³/mol. The lowest BCUT2D eigenvalue weighted by molar-refractivity contribution is 0.453. The van der Waals surface area contributed by atoms with Crippen molar-refractivity contribution in [3.05, 3.63) is 96.8 Å². The van der Waals surface area contributed by atoms with Gasteiger partial charge in [-0.25, -0.2) is 9.48 Å². The maximum absolute atomic E-state index is 13.1. The lowest BCUT2D eigenvalue weighted by atomic mass is 10.1. The average Bonchev–Trinajstić information content (AvgIpc) is 3.00. The van der Waals surface area contributed by atoms with Crippen LogP contribution in [0.5, 0.6) is 11.6 Å². The lowest BCUT2D eigenvalue weighted by Gasteiger charge is -2.14. The number of benzene rings is 2. The highest BCUT2D eigenvalue weighted by Gasteiger charge is 2.17. The zero-order valence-electron chi connectivity index (χ0n) is 16.8. The second-order valence-corrected chi connectivity index (χ2v) is 7.25. The first-order valence-electron chi connectivity index (χ1n) is 9.32. The summed E-state index contributed by atoms with van der Waals surface area (Å²) in [7, 11) is 3.30. The molecule has 0 unspecified atom stereocenters. The Balaban J connectivity index is 1.86. The highest BCUT2D eigenvalue weighted by molar-refractivity contribution is 5.35.